The lowest BCUT2D eigenvalue weighted by molar-refractivity contribution is 0.573. The minimum absolute atomic E-state index is 0.212. The van der Waals surface area contributed by atoms with Crippen molar-refractivity contribution in [2.24, 2.45) is 0 Å². The van der Waals surface area contributed by atoms with E-state index in [-0.39, 0.29) is 5.75 Å². The predicted octanol–water partition coefficient (Wildman–Crippen LogP) is 17.5. The molecule has 0 bridgehead atoms. The van der Waals surface area contributed by atoms with Crippen LogP contribution in [0, 0.1) is 0 Å². The average molecular weight is 871 g/mol. The molecule has 0 atom stereocenters. The van der Waals surface area contributed by atoms with Crippen LogP contribution in [-0.4, -0.2) is 19.9 Å². The molecule has 0 spiro atoms. The Kier molecular flexibility index (Phi) is 17.1. The van der Waals surface area contributed by atoms with Gasteiger partial charge in [-0.2, -0.15) is 0 Å². The van der Waals surface area contributed by atoms with E-state index in [1.165, 1.54) is 118 Å². The highest BCUT2D eigenvalue weighted by Gasteiger charge is 2.27. The van der Waals surface area contributed by atoms with Crippen LogP contribution in [0.1, 0.15) is 117 Å². The summed E-state index contributed by atoms with van der Waals surface area (Å²) >= 11 is 12.6. The standard InChI is InChI=1S/C44H54O2S8/c1-3-5-7-9-11-13-15-17-27-49-40-31-41(53-43(40)38-26-25-36(51-38)34-22-20-29-48-34)44-42(54(45,46)30-18-16-14-12-10-8-6-4-2)32-39(52-44)37-24-23-35(50-37)33-21-19-28-47-33/h19-26,28-29,31-32H,3-18,27,30H2,1-2H3. The summed E-state index contributed by atoms with van der Waals surface area (Å²) in [5, 5.41) is 4.26. The van der Waals surface area contributed by atoms with Crippen LogP contribution in [0.5, 0.6) is 0 Å². The van der Waals surface area contributed by atoms with E-state index in [1.54, 1.807) is 56.7 Å². The van der Waals surface area contributed by atoms with Crippen molar-refractivity contribution in [2.75, 3.05) is 11.5 Å². The summed E-state index contributed by atoms with van der Waals surface area (Å²) < 4.78 is 28.6. The quantitative estimate of drug-likeness (QED) is 0.0425. The van der Waals surface area contributed by atoms with Gasteiger partial charge in [-0.3, -0.25) is 0 Å². The van der Waals surface area contributed by atoms with Gasteiger partial charge in [-0.1, -0.05) is 116 Å². The molecule has 0 aliphatic rings. The van der Waals surface area contributed by atoms with Crippen molar-refractivity contribution in [1.82, 2.24) is 0 Å². The minimum atomic E-state index is -3.47. The number of rotatable bonds is 25. The molecule has 0 N–H and O–H groups in total. The van der Waals surface area contributed by atoms with E-state index in [0.717, 1.165) is 44.5 Å². The van der Waals surface area contributed by atoms with E-state index in [2.05, 4.69) is 79.2 Å². The fraction of sp³-hybridized carbons (Fsp3) is 0.455. The zero-order valence-corrected chi connectivity index (χ0v) is 38.3. The Bertz CT molecular complexity index is 2050. The Balaban J connectivity index is 1.27. The van der Waals surface area contributed by atoms with Crippen LogP contribution in [-0.2, 0) is 9.84 Å². The Hall–Kier alpha value is -1.50. The molecule has 2 nitrogen and oxygen atoms in total. The van der Waals surface area contributed by atoms with Crippen molar-refractivity contribution in [1.29, 1.82) is 0 Å². The summed E-state index contributed by atoms with van der Waals surface area (Å²) in [6, 6.07) is 21.8. The zero-order chi connectivity index (χ0) is 37.6. The van der Waals surface area contributed by atoms with Crippen LogP contribution in [0.25, 0.3) is 48.8 Å². The number of hydrogen-bond donors (Lipinski definition) is 0. The summed E-state index contributed by atoms with van der Waals surface area (Å²) in [5.41, 5.74) is 0. The first kappa shape index (κ1) is 42.1. The van der Waals surface area contributed by atoms with Crippen molar-refractivity contribution >= 4 is 89.6 Å². The smallest absolute Gasteiger partial charge is 0.179 e. The van der Waals surface area contributed by atoms with Gasteiger partial charge >= 0.3 is 0 Å². The van der Waals surface area contributed by atoms with Crippen LogP contribution >= 0.6 is 79.8 Å². The van der Waals surface area contributed by atoms with Gasteiger partial charge in [0.1, 0.15) is 0 Å². The summed E-state index contributed by atoms with van der Waals surface area (Å²) in [6.07, 6.45) is 19.6. The Morgan fingerprint density at radius 1 is 0.481 bits per heavy atom. The van der Waals surface area contributed by atoms with Gasteiger partial charge in [0.25, 0.3) is 0 Å². The fourth-order valence-corrected chi connectivity index (χ4v) is 16.3. The molecule has 0 unspecified atom stereocenters. The van der Waals surface area contributed by atoms with Gasteiger partial charge in [0.05, 0.1) is 20.4 Å². The average Bonchev–Trinajstić information content (AvgIpc) is 4.02. The van der Waals surface area contributed by atoms with Gasteiger partial charge in [-0.05, 0) is 77.9 Å². The van der Waals surface area contributed by atoms with Crippen LogP contribution in [0.3, 0.4) is 0 Å². The predicted molar refractivity (Wildman–Crippen MR) is 249 cm³/mol. The van der Waals surface area contributed by atoms with Crippen molar-refractivity contribution in [3.8, 4) is 48.8 Å². The molecule has 0 radical (unpaired) electrons. The molecule has 0 saturated carbocycles. The van der Waals surface area contributed by atoms with E-state index in [0.29, 0.717) is 4.90 Å². The largest absolute Gasteiger partial charge is 0.224 e. The van der Waals surface area contributed by atoms with Crippen molar-refractivity contribution in [3.63, 3.8) is 0 Å². The second kappa shape index (κ2) is 21.9. The zero-order valence-electron chi connectivity index (χ0n) is 31.7. The van der Waals surface area contributed by atoms with Crippen molar-refractivity contribution < 1.29 is 8.42 Å². The Labute approximate surface area is 353 Å². The lowest BCUT2D eigenvalue weighted by Crippen LogP contribution is -2.06. The second-order valence-electron chi connectivity index (χ2n) is 14.0. The molecule has 6 aromatic heterocycles. The summed E-state index contributed by atoms with van der Waals surface area (Å²) in [6.45, 7) is 4.52. The SMILES string of the molecule is CCCCCCCCCCSc1cc(-c2sc(-c3ccc(-c4cccs4)s3)cc2S(=O)(=O)CCCCCCCCCC)sc1-c1ccc(-c2cccs2)s1. The van der Waals surface area contributed by atoms with E-state index in [1.807, 2.05) is 29.2 Å². The normalized spacial score (nSPS) is 12.0. The van der Waals surface area contributed by atoms with Gasteiger partial charge in [0, 0.05) is 43.9 Å². The van der Waals surface area contributed by atoms with Gasteiger partial charge < -0.3 is 0 Å². The van der Waals surface area contributed by atoms with Crippen LogP contribution in [0.2, 0.25) is 0 Å². The van der Waals surface area contributed by atoms with Crippen LogP contribution < -0.4 is 0 Å². The molecule has 0 amide bonds. The highest BCUT2D eigenvalue weighted by atomic mass is 32.2. The molecule has 6 aromatic rings. The summed E-state index contributed by atoms with van der Waals surface area (Å²) in [4.78, 5) is 13.6. The third kappa shape index (κ3) is 11.8. The lowest BCUT2D eigenvalue weighted by Gasteiger charge is -2.05. The highest BCUT2D eigenvalue weighted by Crippen LogP contribution is 2.51. The molecule has 6 rings (SSSR count). The highest BCUT2D eigenvalue weighted by molar-refractivity contribution is 7.99. The molecule has 54 heavy (non-hydrogen) atoms. The third-order valence-corrected chi connectivity index (χ3v) is 20.0. The molecule has 290 valence electrons. The molecule has 0 saturated heterocycles. The lowest BCUT2D eigenvalue weighted by atomic mass is 10.1. The monoisotopic (exact) mass is 870 g/mol. The summed E-state index contributed by atoms with van der Waals surface area (Å²) in [5.74, 6) is 1.30. The van der Waals surface area contributed by atoms with Gasteiger partial charge in [-0.25, -0.2) is 8.42 Å². The Morgan fingerprint density at radius 3 is 1.56 bits per heavy atom. The molecule has 0 fully saturated rings. The van der Waals surface area contributed by atoms with Crippen LogP contribution in [0.15, 0.2) is 81.2 Å². The molecule has 0 aliphatic carbocycles. The molecular weight excluding hydrogens is 817 g/mol. The number of sulfone groups is 1. The maximum atomic E-state index is 14.3. The maximum absolute atomic E-state index is 14.3. The van der Waals surface area contributed by atoms with Crippen LogP contribution in [0.4, 0.5) is 0 Å². The first-order valence-corrected chi connectivity index (χ1v) is 27.5. The third-order valence-electron chi connectivity index (χ3n) is 9.68. The number of unbranched alkanes of at least 4 members (excludes halogenated alkanes) is 14. The minimum Gasteiger partial charge on any atom is -0.224 e. The first-order chi connectivity index (χ1) is 26.5. The number of hydrogen-bond acceptors (Lipinski definition) is 9. The molecule has 10 heteroatoms. The van der Waals surface area contributed by atoms with Gasteiger partial charge in [-0.15, -0.1) is 79.8 Å². The van der Waals surface area contributed by atoms with E-state index < -0.39 is 9.84 Å². The number of thiophene rings is 6. The molecule has 0 aromatic carbocycles. The molecule has 6 heterocycles. The Morgan fingerprint density at radius 2 is 0.981 bits per heavy atom. The van der Waals surface area contributed by atoms with Gasteiger partial charge in [0.2, 0.25) is 0 Å². The topological polar surface area (TPSA) is 34.1 Å². The number of thioether (sulfide) groups is 1. The van der Waals surface area contributed by atoms with Crippen molar-refractivity contribution in [2.45, 2.75) is 126 Å². The first-order valence-electron chi connectivity index (χ1n) is 19.9. The van der Waals surface area contributed by atoms with Crippen molar-refractivity contribution in [3.05, 3.63) is 71.4 Å². The van der Waals surface area contributed by atoms with Gasteiger partial charge in [0.15, 0.2) is 9.84 Å². The second-order valence-corrected chi connectivity index (χ2v) is 23.4. The molecule has 0 aliphatic heterocycles. The van der Waals surface area contributed by atoms with E-state index in [4.69, 9.17) is 0 Å². The maximum Gasteiger partial charge on any atom is 0.179 e. The van der Waals surface area contributed by atoms with E-state index >= 15 is 0 Å². The van der Waals surface area contributed by atoms with E-state index in [9.17, 15) is 8.42 Å². The fourth-order valence-electron chi connectivity index (χ4n) is 6.65. The summed E-state index contributed by atoms with van der Waals surface area (Å²) in [7, 11) is -3.47. The molecular formula is C44H54O2S8.